The molecule has 0 saturated heterocycles. The van der Waals surface area contributed by atoms with Crippen LogP contribution in [0.3, 0.4) is 0 Å². The van der Waals surface area contributed by atoms with Crippen molar-refractivity contribution in [1.29, 1.82) is 0 Å². The first-order chi connectivity index (χ1) is 8.02. The number of nitrogens with two attached hydrogens (primary N) is 1. The van der Waals surface area contributed by atoms with Gasteiger partial charge in [-0.1, -0.05) is 13.8 Å². The Bertz CT molecular complexity index is 210. The fraction of sp³-hybridized carbons (Fsp3) is 0.917. The summed E-state index contributed by atoms with van der Waals surface area (Å²) >= 11 is 0. The predicted molar refractivity (Wildman–Crippen MR) is 69.8 cm³/mol. The summed E-state index contributed by atoms with van der Waals surface area (Å²) in [6, 6.07) is -0.160. The molecule has 5 heteroatoms. The fourth-order valence-corrected chi connectivity index (χ4v) is 1.49. The summed E-state index contributed by atoms with van der Waals surface area (Å²) in [5.41, 5.74) is 5.55. The minimum Gasteiger partial charge on any atom is -0.383 e. The molecule has 0 fully saturated rings. The topological polar surface area (TPSA) is 67.6 Å². The molecule has 0 aliphatic heterocycles. The molecule has 0 aromatic carbocycles. The first kappa shape index (κ1) is 16.4. The van der Waals surface area contributed by atoms with E-state index in [1.807, 2.05) is 11.8 Å². The smallest absolute Gasteiger partial charge is 0.237 e. The predicted octanol–water partition coefficient (Wildman–Crippen LogP) is 0.0542. The number of rotatable bonds is 9. The van der Waals surface area contributed by atoms with Crippen molar-refractivity contribution >= 4 is 5.91 Å². The number of hydrogen-bond donors (Lipinski definition) is 2. The number of carbonyl (C=O) groups excluding carboxylic acids is 1. The van der Waals surface area contributed by atoms with E-state index in [4.69, 9.17) is 10.5 Å². The highest BCUT2D eigenvalue weighted by molar-refractivity contribution is 5.81. The Morgan fingerprint density at radius 3 is 2.47 bits per heavy atom. The summed E-state index contributed by atoms with van der Waals surface area (Å²) in [6.45, 7) is 9.36. The molecule has 0 rings (SSSR count). The van der Waals surface area contributed by atoms with Crippen molar-refractivity contribution in [3.8, 4) is 0 Å². The van der Waals surface area contributed by atoms with Crippen LogP contribution in [0.25, 0.3) is 0 Å². The van der Waals surface area contributed by atoms with Gasteiger partial charge in [0.05, 0.1) is 12.6 Å². The molecule has 17 heavy (non-hydrogen) atoms. The minimum atomic E-state index is -0.160. The van der Waals surface area contributed by atoms with Crippen molar-refractivity contribution in [3.63, 3.8) is 0 Å². The van der Waals surface area contributed by atoms with Gasteiger partial charge in [-0.05, 0) is 12.8 Å². The van der Waals surface area contributed by atoms with E-state index < -0.39 is 0 Å². The second-order valence-electron chi connectivity index (χ2n) is 4.63. The third-order valence-electron chi connectivity index (χ3n) is 2.61. The highest BCUT2D eigenvalue weighted by Crippen LogP contribution is 1.99. The Balaban J connectivity index is 4.17. The van der Waals surface area contributed by atoms with Gasteiger partial charge in [-0.2, -0.15) is 0 Å². The normalized spacial score (nSPS) is 13.1. The van der Waals surface area contributed by atoms with E-state index in [2.05, 4.69) is 19.2 Å². The average molecular weight is 245 g/mol. The lowest BCUT2D eigenvalue weighted by Gasteiger charge is -2.27. The molecule has 0 aromatic heterocycles. The molecule has 1 atom stereocenters. The van der Waals surface area contributed by atoms with E-state index in [1.54, 1.807) is 7.11 Å². The first-order valence-corrected chi connectivity index (χ1v) is 6.23. The van der Waals surface area contributed by atoms with Gasteiger partial charge in [-0.15, -0.1) is 0 Å². The monoisotopic (exact) mass is 245 g/mol. The second-order valence-corrected chi connectivity index (χ2v) is 4.63. The number of carbonyl (C=O) groups is 1. The summed E-state index contributed by atoms with van der Waals surface area (Å²) in [6.07, 6.45) is 0. The standard InChI is InChI=1S/C12H27N3O2/c1-10(2)9-14-12(16)11(3)15(6-5-13)7-8-17-4/h10-11H,5-9,13H2,1-4H3,(H,14,16). The van der Waals surface area contributed by atoms with Crippen LogP contribution in [0.15, 0.2) is 0 Å². The van der Waals surface area contributed by atoms with Gasteiger partial charge in [0.2, 0.25) is 5.91 Å². The van der Waals surface area contributed by atoms with Gasteiger partial charge in [0.1, 0.15) is 0 Å². The van der Waals surface area contributed by atoms with Crippen LogP contribution in [0, 0.1) is 5.92 Å². The maximum Gasteiger partial charge on any atom is 0.237 e. The van der Waals surface area contributed by atoms with Gasteiger partial charge < -0.3 is 15.8 Å². The zero-order chi connectivity index (χ0) is 13.3. The SMILES string of the molecule is COCCN(CCN)C(C)C(=O)NCC(C)C. The van der Waals surface area contributed by atoms with Crippen LogP contribution in [0.2, 0.25) is 0 Å². The number of nitrogens with zero attached hydrogens (tertiary/aromatic N) is 1. The number of methoxy groups -OCH3 is 1. The van der Waals surface area contributed by atoms with Crippen molar-refractivity contribution in [2.75, 3.05) is 39.9 Å². The number of nitrogens with one attached hydrogen (secondary N) is 1. The molecule has 0 saturated carbocycles. The quantitative estimate of drug-likeness (QED) is 0.602. The van der Waals surface area contributed by atoms with E-state index in [1.165, 1.54) is 0 Å². The molecule has 5 nitrogen and oxygen atoms in total. The van der Waals surface area contributed by atoms with Crippen LogP contribution >= 0.6 is 0 Å². The number of amides is 1. The Kier molecular flexibility index (Phi) is 9.03. The van der Waals surface area contributed by atoms with Crippen LogP contribution in [0.4, 0.5) is 0 Å². The van der Waals surface area contributed by atoms with Gasteiger partial charge in [-0.25, -0.2) is 0 Å². The van der Waals surface area contributed by atoms with E-state index in [-0.39, 0.29) is 11.9 Å². The van der Waals surface area contributed by atoms with Crippen molar-refractivity contribution in [1.82, 2.24) is 10.2 Å². The maximum absolute atomic E-state index is 11.9. The zero-order valence-corrected chi connectivity index (χ0v) is 11.5. The Morgan fingerprint density at radius 2 is 2.00 bits per heavy atom. The molecule has 0 aliphatic rings. The highest BCUT2D eigenvalue weighted by Gasteiger charge is 2.20. The lowest BCUT2D eigenvalue weighted by atomic mass is 10.2. The lowest BCUT2D eigenvalue weighted by Crippen LogP contribution is -2.48. The second kappa shape index (κ2) is 9.39. The fourth-order valence-electron chi connectivity index (χ4n) is 1.49. The zero-order valence-electron chi connectivity index (χ0n) is 11.5. The van der Waals surface area contributed by atoms with Crippen LogP contribution < -0.4 is 11.1 Å². The molecule has 1 unspecified atom stereocenters. The largest absolute Gasteiger partial charge is 0.383 e. The van der Waals surface area contributed by atoms with Gasteiger partial charge in [-0.3, -0.25) is 9.69 Å². The molecule has 0 aromatic rings. The van der Waals surface area contributed by atoms with Gasteiger partial charge >= 0.3 is 0 Å². The maximum atomic E-state index is 11.9. The van der Waals surface area contributed by atoms with E-state index >= 15 is 0 Å². The average Bonchev–Trinajstić information content (AvgIpc) is 2.30. The van der Waals surface area contributed by atoms with Gasteiger partial charge in [0.15, 0.2) is 0 Å². The summed E-state index contributed by atoms with van der Waals surface area (Å²) < 4.78 is 5.03. The lowest BCUT2D eigenvalue weighted by molar-refractivity contribution is -0.126. The third kappa shape index (κ3) is 7.31. The van der Waals surface area contributed by atoms with Crippen molar-refractivity contribution < 1.29 is 9.53 Å². The van der Waals surface area contributed by atoms with Crippen molar-refractivity contribution in [3.05, 3.63) is 0 Å². The Labute approximate surface area is 105 Å². The molecular weight excluding hydrogens is 218 g/mol. The third-order valence-corrected chi connectivity index (χ3v) is 2.61. The molecule has 1 amide bonds. The van der Waals surface area contributed by atoms with Crippen LogP contribution in [0.5, 0.6) is 0 Å². The molecule has 0 spiro atoms. The molecule has 0 bridgehead atoms. The van der Waals surface area contributed by atoms with Crippen LogP contribution in [-0.2, 0) is 9.53 Å². The Hall–Kier alpha value is -0.650. The summed E-state index contributed by atoms with van der Waals surface area (Å²) in [5, 5.41) is 2.93. The van der Waals surface area contributed by atoms with E-state index in [9.17, 15) is 4.79 Å². The van der Waals surface area contributed by atoms with Gasteiger partial charge in [0.25, 0.3) is 0 Å². The molecule has 0 radical (unpaired) electrons. The molecule has 0 aliphatic carbocycles. The highest BCUT2D eigenvalue weighted by atomic mass is 16.5. The van der Waals surface area contributed by atoms with Gasteiger partial charge in [0, 0.05) is 33.3 Å². The first-order valence-electron chi connectivity index (χ1n) is 6.23. The van der Waals surface area contributed by atoms with E-state index in [0.29, 0.717) is 32.2 Å². The summed E-state index contributed by atoms with van der Waals surface area (Å²) in [7, 11) is 1.66. The minimum absolute atomic E-state index is 0.0586. The number of ether oxygens (including phenoxy) is 1. The number of hydrogen-bond acceptors (Lipinski definition) is 4. The van der Waals surface area contributed by atoms with Crippen LogP contribution in [-0.4, -0.2) is 56.7 Å². The molecule has 3 N–H and O–H groups in total. The van der Waals surface area contributed by atoms with Crippen molar-refractivity contribution in [2.24, 2.45) is 11.7 Å². The molecule has 102 valence electrons. The molecule has 0 heterocycles. The van der Waals surface area contributed by atoms with E-state index in [0.717, 1.165) is 6.54 Å². The Morgan fingerprint density at radius 1 is 1.35 bits per heavy atom. The molecular formula is C12H27N3O2. The van der Waals surface area contributed by atoms with Crippen LogP contribution in [0.1, 0.15) is 20.8 Å². The summed E-state index contributed by atoms with van der Waals surface area (Å²) in [5.74, 6) is 0.524. The summed E-state index contributed by atoms with van der Waals surface area (Å²) in [4.78, 5) is 13.9. The van der Waals surface area contributed by atoms with Crippen molar-refractivity contribution in [2.45, 2.75) is 26.8 Å².